The monoisotopic (exact) mass is 455 g/mol. The molecule has 0 aliphatic rings. The summed E-state index contributed by atoms with van der Waals surface area (Å²) in [6.45, 7) is 5.11. The number of rotatable bonds is 5. The lowest BCUT2D eigenvalue weighted by atomic mass is 10.1. The van der Waals surface area contributed by atoms with Gasteiger partial charge in [0, 0.05) is 25.4 Å². The fourth-order valence-corrected chi connectivity index (χ4v) is 3.19. The van der Waals surface area contributed by atoms with Crippen molar-refractivity contribution in [3.63, 3.8) is 0 Å². The van der Waals surface area contributed by atoms with Crippen LogP contribution in [0.2, 0.25) is 0 Å². The van der Waals surface area contributed by atoms with Crippen molar-refractivity contribution in [3.05, 3.63) is 63.3 Å². The summed E-state index contributed by atoms with van der Waals surface area (Å²) >= 11 is 0. The van der Waals surface area contributed by atoms with E-state index >= 15 is 0 Å². The van der Waals surface area contributed by atoms with Gasteiger partial charge in [-0.05, 0) is 39.0 Å². The van der Waals surface area contributed by atoms with Gasteiger partial charge < -0.3 is 14.8 Å². The van der Waals surface area contributed by atoms with Gasteiger partial charge in [0.1, 0.15) is 11.6 Å². The minimum absolute atomic E-state index is 0.0164. The molecule has 0 radical (unpaired) electrons. The third-order valence-corrected chi connectivity index (χ3v) is 4.73. The first-order valence-corrected chi connectivity index (χ1v) is 10.1. The van der Waals surface area contributed by atoms with Gasteiger partial charge in [-0.3, -0.25) is 19.3 Å². The Balaban J connectivity index is 1.89. The van der Waals surface area contributed by atoms with Gasteiger partial charge in [-0.15, -0.1) is 0 Å². The molecule has 3 aromatic rings. The van der Waals surface area contributed by atoms with Crippen LogP contribution in [0.5, 0.6) is 0 Å². The quantitative estimate of drug-likeness (QED) is 0.565. The van der Waals surface area contributed by atoms with Gasteiger partial charge in [-0.2, -0.15) is 0 Å². The minimum atomic E-state index is -1.04. The Hall–Kier alpha value is -4.02. The van der Waals surface area contributed by atoms with Crippen molar-refractivity contribution in [1.29, 1.82) is 0 Å². The molecule has 0 spiro atoms. The Kier molecular flexibility index (Phi) is 6.61. The van der Waals surface area contributed by atoms with Gasteiger partial charge in [0.15, 0.2) is 0 Å². The standard InChI is InChI=1S/C22H25N5O6/c1-22(2,3)33-20(30)25-16(19(29)32-5)10-13-6-7-14(11-24-13)27-18(28)15-8-9-23-12-17(15)26(4)21(27)31/h6-9,11-12,16H,10H2,1-5H3,(H,25,30)/t16-/m0/s1. The van der Waals surface area contributed by atoms with E-state index in [0.29, 0.717) is 16.6 Å². The number of alkyl carbamates (subject to hydrolysis) is 1. The summed E-state index contributed by atoms with van der Waals surface area (Å²) in [5.41, 5.74) is -0.668. The molecule has 3 rings (SSSR count). The van der Waals surface area contributed by atoms with Gasteiger partial charge >= 0.3 is 17.8 Å². The first kappa shape index (κ1) is 23.6. The maximum Gasteiger partial charge on any atom is 0.408 e. The highest BCUT2D eigenvalue weighted by Crippen LogP contribution is 2.11. The molecule has 1 atom stereocenters. The van der Waals surface area contributed by atoms with E-state index < -0.39 is 35.0 Å². The second-order valence-corrected chi connectivity index (χ2v) is 8.31. The predicted molar refractivity (Wildman–Crippen MR) is 119 cm³/mol. The van der Waals surface area contributed by atoms with Crippen LogP contribution in [0.1, 0.15) is 26.5 Å². The van der Waals surface area contributed by atoms with Crippen molar-refractivity contribution < 1.29 is 19.1 Å². The number of hydrogen-bond donors (Lipinski definition) is 1. The SMILES string of the molecule is COC(=O)[C@H](Cc1ccc(-n2c(=O)c3ccncc3n(C)c2=O)cn1)NC(=O)OC(C)(C)C. The van der Waals surface area contributed by atoms with Crippen LogP contribution in [0.4, 0.5) is 4.79 Å². The number of esters is 1. The van der Waals surface area contributed by atoms with E-state index in [-0.39, 0.29) is 12.1 Å². The highest BCUT2D eigenvalue weighted by atomic mass is 16.6. The van der Waals surface area contributed by atoms with Crippen LogP contribution in [0.15, 0.2) is 46.4 Å². The van der Waals surface area contributed by atoms with E-state index in [2.05, 4.69) is 15.3 Å². The number of methoxy groups -OCH3 is 1. The van der Waals surface area contributed by atoms with E-state index in [1.54, 1.807) is 46.0 Å². The Morgan fingerprint density at radius 2 is 1.88 bits per heavy atom. The molecule has 0 aliphatic carbocycles. The number of pyridine rings is 2. The summed E-state index contributed by atoms with van der Waals surface area (Å²) in [5, 5.41) is 2.81. The van der Waals surface area contributed by atoms with Gasteiger partial charge in [-0.1, -0.05) is 0 Å². The van der Waals surface area contributed by atoms with Gasteiger partial charge in [-0.25, -0.2) is 19.0 Å². The van der Waals surface area contributed by atoms with Crippen molar-refractivity contribution in [3.8, 4) is 5.69 Å². The average molecular weight is 455 g/mol. The van der Waals surface area contributed by atoms with Crippen LogP contribution in [-0.4, -0.2) is 49.9 Å². The minimum Gasteiger partial charge on any atom is -0.467 e. The summed E-state index contributed by atoms with van der Waals surface area (Å²) in [6.07, 6.45) is 3.53. The number of aromatic nitrogens is 4. The van der Waals surface area contributed by atoms with Crippen molar-refractivity contribution >= 4 is 23.0 Å². The number of aryl methyl sites for hydroxylation is 1. The molecular weight excluding hydrogens is 430 g/mol. The van der Waals surface area contributed by atoms with E-state index in [9.17, 15) is 19.2 Å². The number of nitrogens with zero attached hydrogens (tertiary/aromatic N) is 4. The first-order valence-electron chi connectivity index (χ1n) is 10.1. The van der Waals surface area contributed by atoms with Gasteiger partial charge in [0.25, 0.3) is 5.56 Å². The fraction of sp³-hybridized carbons (Fsp3) is 0.364. The molecule has 1 amide bonds. The summed E-state index contributed by atoms with van der Waals surface area (Å²) < 4.78 is 12.3. The Labute approximate surface area is 189 Å². The highest BCUT2D eigenvalue weighted by molar-refractivity contribution is 5.81. The Bertz CT molecular complexity index is 1300. The summed E-state index contributed by atoms with van der Waals surface area (Å²) in [4.78, 5) is 58.1. The molecule has 0 saturated heterocycles. The lowest BCUT2D eigenvalue weighted by Crippen LogP contribution is -2.45. The molecule has 0 aliphatic heterocycles. The molecule has 0 saturated carbocycles. The first-order chi connectivity index (χ1) is 15.5. The molecule has 1 N–H and O–H groups in total. The number of carbonyl (C=O) groups excluding carboxylic acids is 2. The number of nitrogens with one attached hydrogen (secondary N) is 1. The molecule has 3 heterocycles. The number of hydrogen-bond acceptors (Lipinski definition) is 8. The lowest BCUT2D eigenvalue weighted by Gasteiger charge is -2.22. The van der Waals surface area contributed by atoms with Crippen LogP contribution in [0.25, 0.3) is 16.6 Å². The van der Waals surface area contributed by atoms with Crippen molar-refractivity contribution in [2.24, 2.45) is 7.05 Å². The molecule has 0 bridgehead atoms. The molecule has 33 heavy (non-hydrogen) atoms. The van der Waals surface area contributed by atoms with Gasteiger partial charge in [0.2, 0.25) is 0 Å². The normalized spacial score (nSPS) is 12.3. The molecule has 0 aromatic carbocycles. The second kappa shape index (κ2) is 9.23. The van der Waals surface area contributed by atoms with E-state index in [4.69, 9.17) is 9.47 Å². The van der Waals surface area contributed by atoms with Crippen LogP contribution in [0.3, 0.4) is 0 Å². The third-order valence-electron chi connectivity index (χ3n) is 4.73. The van der Waals surface area contributed by atoms with Crippen molar-refractivity contribution in [1.82, 2.24) is 24.4 Å². The molecule has 3 aromatic heterocycles. The summed E-state index contributed by atoms with van der Waals surface area (Å²) in [7, 11) is 2.76. The topological polar surface area (TPSA) is 134 Å². The molecule has 0 fully saturated rings. The zero-order chi connectivity index (χ0) is 24.3. The number of ether oxygens (including phenoxy) is 2. The number of carbonyl (C=O) groups is 2. The molecule has 11 nitrogen and oxygen atoms in total. The lowest BCUT2D eigenvalue weighted by molar-refractivity contribution is -0.143. The zero-order valence-electron chi connectivity index (χ0n) is 19.0. The van der Waals surface area contributed by atoms with Crippen LogP contribution < -0.4 is 16.6 Å². The van der Waals surface area contributed by atoms with Crippen LogP contribution in [0, 0.1) is 0 Å². The zero-order valence-corrected chi connectivity index (χ0v) is 19.0. The molecular formula is C22H25N5O6. The molecule has 0 unspecified atom stereocenters. The largest absolute Gasteiger partial charge is 0.467 e. The number of fused-ring (bicyclic) bond motifs is 1. The van der Waals surface area contributed by atoms with Crippen LogP contribution >= 0.6 is 0 Å². The highest BCUT2D eigenvalue weighted by Gasteiger charge is 2.26. The maximum absolute atomic E-state index is 12.9. The molecule has 174 valence electrons. The van der Waals surface area contributed by atoms with Gasteiger partial charge in [0.05, 0.1) is 36.1 Å². The van der Waals surface area contributed by atoms with E-state index in [1.165, 1.54) is 30.3 Å². The summed E-state index contributed by atoms with van der Waals surface area (Å²) in [6, 6.07) is 3.61. The van der Waals surface area contributed by atoms with E-state index in [0.717, 1.165) is 4.57 Å². The van der Waals surface area contributed by atoms with Crippen LogP contribution in [-0.2, 0) is 27.7 Å². The second-order valence-electron chi connectivity index (χ2n) is 8.31. The molecule has 11 heteroatoms. The van der Waals surface area contributed by atoms with Crippen molar-refractivity contribution in [2.75, 3.05) is 7.11 Å². The Morgan fingerprint density at radius 3 is 2.48 bits per heavy atom. The summed E-state index contributed by atoms with van der Waals surface area (Å²) in [5.74, 6) is -0.667. The van der Waals surface area contributed by atoms with Crippen molar-refractivity contribution in [2.45, 2.75) is 38.8 Å². The third kappa shape index (κ3) is 5.25. The van der Waals surface area contributed by atoms with E-state index in [1.807, 2.05) is 0 Å². The smallest absolute Gasteiger partial charge is 0.408 e. The average Bonchev–Trinajstić information content (AvgIpc) is 2.76. The maximum atomic E-state index is 12.9. The Morgan fingerprint density at radius 1 is 1.15 bits per heavy atom. The fourth-order valence-electron chi connectivity index (χ4n) is 3.19. The number of amides is 1. The predicted octanol–water partition coefficient (Wildman–Crippen LogP) is 1.09.